The first kappa shape index (κ1) is 22.7. The maximum absolute atomic E-state index is 4.71. The number of benzene rings is 7. The maximum Gasteiger partial charge on any atom is 0.0971 e. The van der Waals surface area contributed by atoms with Crippen molar-refractivity contribution in [3.8, 4) is 22.3 Å². The molecule has 0 atom stereocenters. The van der Waals surface area contributed by atoms with Gasteiger partial charge in [-0.3, -0.25) is 9.97 Å². The summed E-state index contributed by atoms with van der Waals surface area (Å²) in [5, 5.41) is 9.83. The number of thiophene rings is 1. The molecule has 190 valence electrons. The van der Waals surface area contributed by atoms with Crippen molar-refractivity contribution in [1.29, 1.82) is 0 Å². The van der Waals surface area contributed by atoms with E-state index in [4.69, 9.17) is 4.98 Å². The van der Waals surface area contributed by atoms with Gasteiger partial charge < -0.3 is 0 Å². The Balaban J connectivity index is 1.20. The summed E-state index contributed by atoms with van der Waals surface area (Å²) >= 11 is 1.86. The second kappa shape index (κ2) is 8.69. The van der Waals surface area contributed by atoms with Gasteiger partial charge in [0.2, 0.25) is 0 Å². The molecule has 0 N–H and O–H groups in total. The van der Waals surface area contributed by atoms with Crippen LogP contribution in [0.5, 0.6) is 0 Å². The summed E-state index contributed by atoms with van der Waals surface area (Å²) in [6, 6.07) is 44.4. The van der Waals surface area contributed by atoms with Gasteiger partial charge >= 0.3 is 0 Å². The van der Waals surface area contributed by atoms with Gasteiger partial charge in [-0.1, -0.05) is 84.9 Å². The lowest BCUT2D eigenvalue weighted by Crippen LogP contribution is -1.89. The Bertz CT molecular complexity index is 2450. The van der Waals surface area contributed by atoms with E-state index in [2.05, 4.69) is 126 Å². The van der Waals surface area contributed by atoms with Gasteiger partial charge in [-0.25, -0.2) is 0 Å². The van der Waals surface area contributed by atoms with E-state index in [-0.39, 0.29) is 0 Å². The van der Waals surface area contributed by atoms with Crippen LogP contribution >= 0.6 is 11.3 Å². The molecule has 0 aliphatic heterocycles. The quantitative estimate of drug-likeness (QED) is 0.205. The predicted octanol–water partition coefficient (Wildman–Crippen LogP) is 10.8. The zero-order chi connectivity index (χ0) is 26.9. The molecule has 9 rings (SSSR count). The van der Waals surface area contributed by atoms with E-state index in [1.807, 2.05) is 11.3 Å². The lowest BCUT2D eigenvalue weighted by molar-refractivity contribution is 1.31. The number of nitrogens with zero attached hydrogens (tertiary/aromatic N) is 2. The first-order chi connectivity index (χ1) is 20.3. The van der Waals surface area contributed by atoms with Gasteiger partial charge in [0, 0.05) is 43.3 Å². The molecule has 0 unspecified atom stereocenters. The number of aromatic nitrogens is 2. The minimum atomic E-state index is 0.950. The van der Waals surface area contributed by atoms with E-state index in [1.54, 1.807) is 12.4 Å². The molecule has 0 fully saturated rings. The van der Waals surface area contributed by atoms with Gasteiger partial charge in [-0.15, -0.1) is 11.3 Å². The summed E-state index contributed by atoms with van der Waals surface area (Å²) in [7, 11) is 0. The molecule has 7 aromatic carbocycles. The van der Waals surface area contributed by atoms with Crippen molar-refractivity contribution in [3.05, 3.63) is 134 Å². The molecule has 3 heteroatoms. The van der Waals surface area contributed by atoms with Crippen LogP contribution in [0, 0.1) is 0 Å². The number of hydrogen-bond donors (Lipinski definition) is 0. The fourth-order valence-corrected chi connectivity index (χ4v) is 7.41. The standard InChI is InChI=1S/C38H22N2S/c1-2-7-31-29(5-1)33-21-26(13-15-32(33)38-37(31)39-17-18-40-38)24-11-9-23-10-12-25(20-28(23)19-24)27-14-16-36-34(22-27)30-6-3-4-8-35(30)41-36/h1-22H. The Hall–Kier alpha value is -5.12. The molecule has 2 nitrogen and oxygen atoms in total. The van der Waals surface area contributed by atoms with E-state index >= 15 is 0 Å². The molecule has 0 bridgehead atoms. The van der Waals surface area contributed by atoms with Gasteiger partial charge in [0.25, 0.3) is 0 Å². The number of hydrogen-bond acceptors (Lipinski definition) is 3. The Kier molecular flexibility index (Phi) is 4.80. The molecule has 2 heterocycles. The summed E-state index contributed by atoms with van der Waals surface area (Å²) in [5.74, 6) is 0. The summed E-state index contributed by atoms with van der Waals surface area (Å²) in [6.07, 6.45) is 3.56. The zero-order valence-electron chi connectivity index (χ0n) is 22.0. The maximum atomic E-state index is 4.71. The van der Waals surface area contributed by atoms with Crippen LogP contribution < -0.4 is 0 Å². The summed E-state index contributed by atoms with van der Waals surface area (Å²) in [6.45, 7) is 0. The van der Waals surface area contributed by atoms with E-state index < -0.39 is 0 Å². The fraction of sp³-hybridized carbons (Fsp3) is 0. The smallest absolute Gasteiger partial charge is 0.0971 e. The SMILES string of the molecule is c1ccc2c(c1)sc1ccc(-c3ccc4ccc(-c5ccc6c(c5)c5ccccc5c5nccnc65)cc4c3)cc12. The second-order valence-electron chi connectivity index (χ2n) is 10.6. The van der Waals surface area contributed by atoms with Crippen molar-refractivity contribution < 1.29 is 0 Å². The minimum Gasteiger partial charge on any atom is -0.252 e. The zero-order valence-corrected chi connectivity index (χ0v) is 22.8. The molecule has 0 saturated heterocycles. The molecule has 0 radical (unpaired) electrons. The summed E-state index contributed by atoms with van der Waals surface area (Å²) in [5.41, 5.74) is 6.80. The van der Waals surface area contributed by atoms with Gasteiger partial charge in [-0.05, 0) is 80.2 Å². The third-order valence-corrected chi connectivity index (χ3v) is 9.48. The topological polar surface area (TPSA) is 25.8 Å². The highest BCUT2D eigenvalue weighted by molar-refractivity contribution is 7.25. The van der Waals surface area contributed by atoms with E-state index in [9.17, 15) is 0 Å². The van der Waals surface area contributed by atoms with Crippen molar-refractivity contribution in [2.24, 2.45) is 0 Å². The van der Waals surface area contributed by atoms with E-state index in [0.29, 0.717) is 0 Å². The van der Waals surface area contributed by atoms with Crippen LogP contribution in [0.3, 0.4) is 0 Å². The highest BCUT2D eigenvalue weighted by Gasteiger charge is 2.12. The van der Waals surface area contributed by atoms with Gasteiger partial charge in [0.15, 0.2) is 0 Å². The van der Waals surface area contributed by atoms with E-state index in [1.165, 1.54) is 64.0 Å². The number of rotatable bonds is 2. The first-order valence-corrected chi connectivity index (χ1v) is 14.6. The van der Waals surface area contributed by atoms with Crippen LogP contribution in [0.2, 0.25) is 0 Å². The molecule has 0 spiro atoms. The Morgan fingerprint density at radius 1 is 0.366 bits per heavy atom. The van der Waals surface area contributed by atoms with E-state index in [0.717, 1.165) is 21.8 Å². The van der Waals surface area contributed by atoms with Crippen LogP contribution in [0.1, 0.15) is 0 Å². The Morgan fingerprint density at radius 3 is 1.66 bits per heavy atom. The van der Waals surface area contributed by atoms with Crippen LogP contribution in [0.4, 0.5) is 0 Å². The molecule has 9 aromatic rings. The molecule has 0 amide bonds. The first-order valence-electron chi connectivity index (χ1n) is 13.8. The summed E-state index contributed by atoms with van der Waals surface area (Å²) in [4.78, 5) is 9.39. The molecular formula is C38H22N2S. The normalized spacial score (nSPS) is 11.9. The van der Waals surface area contributed by atoms with Crippen LogP contribution in [-0.4, -0.2) is 9.97 Å². The molecule has 41 heavy (non-hydrogen) atoms. The van der Waals surface area contributed by atoms with Crippen LogP contribution in [0.25, 0.3) is 85.8 Å². The third-order valence-electron chi connectivity index (χ3n) is 8.33. The average molecular weight is 539 g/mol. The van der Waals surface area contributed by atoms with Crippen LogP contribution in [0.15, 0.2) is 134 Å². The van der Waals surface area contributed by atoms with Crippen molar-refractivity contribution in [2.75, 3.05) is 0 Å². The lowest BCUT2D eigenvalue weighted by atomic mass is 9.94. The van der Waals surface area contributed by atoms with Crippen LogP contribution in [-0.2, 0) is 0 Å². The van der Waals surface area contributed by atoms with Crippen molar-refractivity contribution >= 4 is 74.9 Å². The highest BCUT2D eigenvalue weighted by atomic mass is 32.1. The second-order valence-corrected chi connectivity index (χ2v) is 11.7. The van der Waals surface area contributed by atoms with Crippen molar-refractivity contribution in [3.63, 3.8) is 0 Å². The molecule has 0 saturated carbocycles. The Morgan fingerprint density at radius 2 is 0.902 bits per heavy atom. The molecule has 2 aromatic heterocycles. The monoisotopic (exact) mass is 538 g/mol. The fourth-order valence-electron chi connectivity index (χ4n) is 6.32. The van der Waals surface area contributed by atoms with Crippen molar-refractivity contribution in [1.82, 2.24) is 9.97 Å². The van der Waals surface area contributed by atoms with Gasteiger partial charge in [0.05, 0.1) is 11.0 Å². The van der Waals surface area contributed by atoms with Gasteiger partial charge in [0.1, 0.15) is 0 Å². The summed E-state index contributed by atoms with van der Waals surface area (Å²) < 4.78 is 2.67. The molecule has 0 aliphatic rings. The largest absolute Gasteiger partial charge is 0.252 e. The number of fused-ring (bicyclic) bond motifs is 10. The third kappa shape index (κ3) is 3.49. The molecular weight excluding hydrogens is 516 g/mol. The predicted molar refractivity (Wildman–Crippen MR) is 176 cm³/mol. The minimum absolute atomic E-state index is 0.950. The van der Waals surface area contributed by atoms with Gasteiger partial charge in [-0.2, -0.15) is 0 Å². The Labute approximate surface area is 240 Å². The lowest BCUT2D eigenvalue weighted by Gasteiger charge is -2.11. The average Bonchev–Trinajstić information content (AvgIpc) is 3.42. The molecule has 0 aliphatic carbocycles. The van der Waals surface area contributed by atoms with Crippen molar-refractivity contribution in [2.45, 2.75) is 0 Å². The highest BCUT2D eigenvalue weighted by Crippen LogP contribution is 2.38.